The number of allylic oxidation sites excluding steroid dienone is 1. The van der Waals surface area contributed by atoms with Crippen LogP contribution < -0.4 is 28.4 Å². The lowest BCUT2D eigenvalue weighted by Gasteiger charge is -2.41. The maximum atomic E-state index is 13.0. The second-order valence-electron chi connectivity index (χ2n) is 9.38. The van der Waals surface area contributed by atoms with Gasteiger partial charge in [0.1, 0.15) is 5.60 Å². The average molecular weight is 515 g/mol. The molecule has 4 rings (SSSR count). The molecule has 0 spiro atoms. The number of rotatable bonds is 6. The van der Waals surface area contributed by atoms with Gasteiger partial charge in [-0.05, 0) is 50.8 Å². The fourth-order valence-electron chi connectivity index (χ4n) is 4.94. The number of methoxy groups -OCH3 is 4. The molecule has 0 fully saturated rings. The van der Waals surface area contributed by atoms with E-state index in [1.54, 1.807) is 40.0 Å². The Morgan fingerprint density at radius 3 is 2.30 bits per heavy atom. The van der Waals surface area contributed by atoms with Gasteiger partial charge in [0.05, 0.1) is 28.4 Å². The Kier molecular flexibility index (Phi) is 7.19. The number of aliphatic hydroxyl groups is 1. The quantitative estimate of drug-likeness (QED) is 0.437. The molecule has 1 heterocycles. The minimum atomic E-state index is -1.48. The maximum Gasteiger partial charge on any atom is 0.334 e. The molecule has 1 unspecified atom stereocenters. The molecule has 9 heteroatoms. The highest BCUT2D eigenvalue weighted by Crippen LogP contribution is 2.59. The van der Waals surface area contributed by atoms with Gasteiger partial charge in [0.25, 0.3) is 0 Å². The van der Waals surface area contributed by atoms with Crippen LogP contribution in [0.4, 0.5) is 0 Å². The number of esters is 1. The minimum Gasteiger partial charge on any atom is -0.493 e. The van der Waals surface area contributed by atoms with Crippen molar-refractivity contribution in [3.8, 4) is 45.6 Å². The molecule has 1 aliphatic heterocycles. The summed E-state index contributed by atoms with van der Waals surface area (Å²) in [4.78, 5) is 13.0. The van der Waals surface area contributed by atoms with E-state index in [2.05, 4.69) is 0 Å². The van der Waals surface area contributed by atoms with E-state index in [9.17, 15) is 9.90 Å². The smallest absolute Gasteiger partial charge is 0.334 e. The number of benzene rings is 2. The third-order valence-electron chi connectivity index (χ3n) is 7.33. The van der Waals surface area contributed by atoms with E-state index in [-0.39, 0.29) is 12.7 Å². The Balaban J connectivity index is 2.17. The van der Waals surface area contributed by atoms with Crippen molar-refractivity contribution in [2.24, 2.45) is 5.92 Å². The van der Waals surface area contributed by atoms with Gasteiger partial charge in [-0.1, -0.05) is 13.0 Å². The van der Waals surface area contributed by atoms with Crippen LogP contribution in [0.2, 0.25) is 0 Å². The van der Waals surface area contributed by atoms with Crippen molar-refractivity contribution in [2.45, 2.75) is 45.8 Å². The molecule has 0 aromatic heterocycles. The first-order chi connectivity index (χ1) is 17.6. The van der Waals surface area contributed by atoms with Crippen LogP contribution in [0.3, 0.4) is 0 Å². The van der Waals surface area contributed by atoms with E-state index in [0.29, 0.717) is 63.2 Å². The van der Waals surface area contributed by atoms with Gasteiger partial charge in [0, 0.05) is 22.3 Å². The molecule has 9 nitrogen and oxygen atoms in total. The lowest BCUT2D eigenvalue weighted by molar-refractivity contribution is -0.166. The molecule has 200 valence electrons. The first-order valence-corrected chi connectivity index (χ1v) is 12.0. The van der Waals surface area contributed by atoms with Gasteiger partial charge in [-0.25, -0.2) is 4.79 Å². The van der Waals surface area contributed by atoms with Gasteiger partial charge in [-0.3, -0.25) is 0 Å². The van der Waals surface area contributed by atoms with Crippen molar-refractivity contribution >= 4 is 5.97 Å². The van der Waals surface area contributed by atoms with Crippen molar-refractivity contribution < 1.29 is 43.1 Å². The summed E-state index contributed by atoms with van der Waals surface area (Å²) in [5.74, 6) is 1.60. The van der Waals surface area contributed by atoms with E-state index in [4.69, 9.17) is 33.2 Å². The SMILES string of the molecule is C/C=C(/C)C(=O)OC1c2cc(OC)c(OC)c(OC)c2-c2c(cc3c(c2OC)OCO3)C[C@H](C)[C@@]1(C)O. The number of hydrogen-bond acceptors (Lipinski definition) is 9. The fourth-order valence-corrected chi connectivity index (χ4v) is 4.94. The first-order valence-electron chi connectivity index (χ1n) is 12.0. The van der Waals surface area contributed by atoms with Crippen molar-refractivity contribution in [1.29, 1.82) is 0 Å². The predicted molar refractivity (Wildman–Crippen MR) is 136 cm³/mol. The maximum absolute atomic E-state index is 13.0. The highest BCUT2D eigenvalue weighted by molar-refractivity contribution is 5.90. The molecular weight excluding hydrogens is 480 g/mol. The largest absolute Gasteiger partial charge is 0.493 e. The molecule has 0 radical (unpaired) electrons. The van der Waals surface area contributed by atoms with Gasteiger partial charge in [0.2, 0.25) is 18.3 Å². The highest BCUT2D eigenvalue weighted by Gasteiger charge is 2.47. The molecule has 1 N–H and O–H groups in total. The predicted octanol–water partition coefficient (Wildman–Crippen LogP) is 4.61. The monoisotopic (exact) mass is 514 g/mol. The van der Waals surface area contributed by atoms with Crippen LogP contribution in [-0.4, -0.2) is 51.9 Å². The Morgan fingerprint density at radius 1 is 1.03 bits per heavy atom. The normalized spacial score (nSPS) is 22.2. The fraction of sp³-hybridized carbons (Fsp3) is 0.464. The van der Waals surface area contributed by atoms with Crippen LogP contribution in [-0.2, 0) is 16.0 Å². The summed E-state index contributed by atoms with van der Waals surface area (Å²) in [6, 6.07) is 3.60. The van der Waals surface area contributed by atoms with Gasteiger partial charge in [-0.15, -0.1) is 0 Å². The van der Waals surface area contributed by atoms with Gasteiger partial charge in [-0.2, -0.15) is 0 Å². The summed E-state index contributed by atoms with van der Waals surface area (Å²) in [6.45, 7) is 7.05. The third kappa shape index (κ3) is 4.21. The number of fused-ring (bicyclic) bond motifs is 4. The van der Waals surface area contributed by atoms with Crippen LogP contribution in [0, 0.1) is 5.92 Å². The van der Waals surface area contributed by atoms with Crippen LogP contribution >= 0.6 is 0 Å². The summed E-state index contributed by atoms with van der Waals surface area (Å²) in [7, 11) is 6.08. The van der Waals surface area contributed by atoms with Crippen LogP contribution in [0.1, 0.15) is 44.9 Å². The zero-order valence-electron chi connectivity index (χ0n) is 22.5. The van der Waals surface area contributed by atoms with E-state index in [1.807, 2.05) is 13.0 Å². The summed E-state index contributed by atoms with van der Waals surface area (Å²) in [5.41, 5.74) is 1.46. The molecule has 2 aromatic carbocycles. The number of carbonyl (C=O) groups excluding carboxylic acids is 1. The van der Waals surface area contributed by atoms with Crippen molar-refractivity contribution in [1.82, 2.24) is 0 Å². The van der Waals surface area contributed by atoms with Crippen LogP contribution in [0.25, 0.3) is 11.1 Å². The average Bonchev–Trinajstić information content (AvgIpc) is 3.36. The van der Waals surface area contributed by atoms with E-state index < -0.39 is 17.7 Å². The Hall–Kier alpha value is -3.59. The summed E-state index contributed by atoms with van der Waals surface area (Å²) < 4.78 is 40.6. The zero-order chi connectivity index (χ0) is 27.1. The van der Waals surface area contributed by atoms with Gasteiger partial charge in [0.15, 0.2) is 29.1 Å². The molecule has 0 bridgehead atoms. The summed E-state index contributed by atoms with van der Waals surface area (Å²) >= 11 is 0. The summed E-state index contributed by atoms with van der Waals surface area (Å²) in [6.07, 6.45) is 0.998. The second kappa shape index (κ2) is 10.0. The molecule has 37 heavy (non-hydrogen) atoms. The number of hydrogen-bond donors (Lipinski definition) is 1. The van der Waals surface area contributed by atoms with Gasteiger partial charge >= 0.3 is 5.97 Å². The Labute approximate surface area is 216 Å². The van der Waals surface area contributed by atoms with E-state index >= 15 is 0 Å². The number of carbonyl (C=O) groups is 1. The van der Waals surface area contributed by atoms with Crippen molar-refractivity contribution in [2.75, 3.05) is 35.2 Å². The lowest BCUT2D eigenvalue weighted by Crippen LogP contribution is -2.44. The van der Waals surface area contributed by atoms with Gasteiger partial charge < -0.3 is 38.3 Å². The molecule has 0 saturated carbocycles. The first kappa shape index (κ1) is 26.5. The molecule has 0 saturated heterocycles. The second-order valence-corrected chi connectivity index (χ2v) is 9.38. The summed E-state index contributed by atoms with van der Waals surface area (Å²) in [5, 5.41) is 12.0. The third-order valence-corrected chi connectivity index (χ3v) is 7.33. The zero-order valence-corrected chi connectivity index (χ0v) is 22.5. The molecule has 1 aliphatic carbocycles. The lowest BCUT2D eigenvalue weighted by atomic mass is 9.73. The number of ether oxygens (including phenoxy) is 7. The molecule has 2 aromatic rings. The molecule has 3 atom stereocenters. The van der Waals surface area contributed by atoms with E-state index in [0.717, 1.165) is 5.56 Å². The highest BCUT2D eigenvalue weighted by atomic mass is 16.7. The van der Waals surface area contributed by atoms with Crippen molar-refractivity contribution in [3.05, 3.63) is 34.9 Å². The Bertz CT molecular complexity index is 1250. The standard InChI is InChI=1S/C28H34O9/c1-9-14(2)27(29)37-26-17-12-18(31-5)22(32-6)25(34-8)21(17)20-16(10-15(3)28(26,4)30)11-19-23(24(20)33-7)36-13-35-19/h9,11-12,15,26,30H,10,13H2,1-8H3/b14-9-/t15-,26?,28+/m0/s1. The Morgan fingerprint density at radius 2 is 1.70 bits per heavy atom. The van der Waals surface area contributed by atoms with Crippen molar-refractivity contribution in [3.63, 3.8) is 0 Å². The van der Waals surface area contributed by atoms with Crippen LogP contribution in [0.5, 0.6) is 34.5 Å². The molecular formula is C28H34O9. The van der Waals surface area contributed by atoms with Crippen LogP contribution in [0.15, 0.2) is 23.8 Å². The molecule has 2 aliphatic rings. The van der Waals surface area contributed by atoms with E-state index in [1.165, 1.54) is 21.3 Å². The topological polar surface area (TPSA) is 102 Å². The molecule has 0 amide bonds. The minimum absolute atomic E-state index is 0.0562.